The average molecular weight is 470 g/mol. The molecule has 4 aliphatic carbocycles. The Morgan fingerprint density at radius 3 is 2.53 bits per heavy atom. The largest absolute Gasteiger partial charge is 0.455 e. The Kier molecular flexibility index (Phi) is 5.24. The number of hydrogen-bond donors (Lipinski definition) is 0. The number of esters is 1. The van der Waals surface area contributed by atoms with Crippen LogP contribution in [0.1, 0.15) is 99.3 Å². The summed E-state index contributed by atoms with van der Waals surface area (Å²) in [6.45, 7) is 18.0. The summed E-state index contributed by atoms with van der Waals surface area (Å²) in [5, 5.41) is 9.48. The number of carbonyl (C=O) groups is 1. The summed E-state index contributed by atoms with van der Waals surface area (Å²) in [6, 6.07) is 2.37. The van der Waals surface area contributed by atoms with Crippen LogP contribution in [0.3, 0.4) is 0 Å². The van der Waals surface area contributed by atoms with E-state index in [9.17, 15) is 10.1 Å². The number of nitriles is 1. The predicted molar refractivity (Wildman–Crippen MR) is 131 cm³/mol. The first-order chi connectivity index (χ1) is 15.9. The minimum atomic E-state index is -1.16. The second-order valence-corrected chi connectivity index (χ2v) is 13.8. The third-order valence-electron chi connectivity index (χ3n) is 13.0. The molecule has 5 rings (SSSR count). The number of allylic oxidation sites excluding steroid dienone is 1. The molecule has 11 atom stereocenters. The van der Waals surface area contributed by atoms with Crippen LogP contribution in [-0.2, 0) is 9.53 Å². The molecular formula is C30H44FNO2. The highest BCUT2D eigenvalue weighted by atomic mass is 19.1. The van der Waals surface area contributed by atoms with E-state index in [4.69, 9.17) is 4.74 Å². The summed E-state index contributed by atoms with van der Waals surface area (Å²) >= 11 is 0. The van der Waals surface area contributed by atoms with Crippen molar-refractivity contribution < 1.29 is 13.9 Å². The Labute approximate surface area is 205 Å². The number of halogens is 1. The van der Waals surface area contributed by atoms with Crippen LogP contribution in [0.15, 0.2) is 12.2 Å². The van der Waals surface area contributed by atoms with Crippen molar-refractivity contribution in [1.82, 2.24) is 0 Å². The normalized spacial score (nSPS) is 55.9. The first kappa shape index (κ1) is 24.3. The molecule has 0 aromatic rings. The summed E-state index contributed by atoms with van der Waals surface area (Å²) in [6.07, 6.45) is 6.12. The highest BCUT2D eigenvalue weighted by Gasteiger charge is 2.83. The molecule has 3 nitrogen and oxygen atoms in total. The average Bonchev–Trinajstić information content (AvgIpc) is 2.99. The highest BCUT2D eigenvalue weighted by Crippen LogP contribution is 2.80. The first-order valence-corrected chi connectivity index (χ1v) is 13.8. The van der Waals surface area contributed by atoms with Crippen LogP contribution in [-0.4, -0.2) is 17.7 Å². The van der Waals surface area contributed by atoms with Gasteiger partial charge in [0.05, 0.1) is 11.5 Å². The molecule has 1 unspecified atom stereocenters. The standard InChI is InChI=1S/C30H44FNO2/c1-18(2)21-10-12-27(6)22(26(21,5)11-8-16-32)17-23(31)30-24-20(4)19(3)9-13-29(24,25(33)34-30)15-14-28(27,30)7/h19-24H,1,8-15,17H2,2-7H3/t19-,20+,21+,22-,23-,24-,26+,27-,28+,29+,30?/m1/s1. The van der Waals surface area contributed by atoms with E-state index in [-0.39, 0.29) is 34.6 Å². The maximum absolute atomic E-state index is 17.1. The fourth-order valence-corrected chi connectivity index (χ4v) is 10.9. The van der Waals surface area contributed by atoms with E-state index in [2.05, 4.69) is 54.2 Å². The minimum Gasteiger partial charge on any atom is -0.455 e. The molecule has 188 valence electrons. The molecular weight excluding hydrogens is 425 g/mol. The van der Waals surface area contributed by atoms with E-state index in [1.165, 1.54) is 0 Å². The smallest absolute Gasteiger partial charge is 0.313 e. The zero-order chi connectivity index (χ0) is 24.9. The number of nitrogens with zero attached hydrogens (tertiary/aromatic N) is 1. The van der Waals surface area contributed by atoms with Gasteiger partial charge >= 0.3 is 5.97 Å². The van der Waals surface area contributed by atoms with Crippen LogP contribution >= 0.6 is 0 Å². The van der Waals surface area contributed by atoms with Crippen molar-refractivity contribution >= 4 is 5.97 Å². The van der Waals surface area contributed by atoms with E-state index in [1.54, 1.807) is 0 Å². The fraction of sp³-hybridized carbons (Fsp3) is 0.867. The van der Waals surface area contributed by atoms with Crippen molar-refractivity contribution in [3.8, 4) is 6.07 Å². The van der Waals surface area contributed by atoms with Crippen LogP contribution in [0.4, 0.5) is 4.39 Å². The van der Waals surface area contributed by atoms with Crippen LogP contribution in [0.2, 0.25) is 0 Å². The van der Waals surface area contributed by atoms with E-state index in [0.29, 0.717) is 24.7 Å². The topological polar surface area (TPSA) is 50.1 Å². The van der Waals surface area contributed by atoms with E-state index < -0.39 is 22.6 Å². The Bertz CT molecular complexity index is 956. The van der Waals surface area contributed by atoms with Gasteiger partial charge in [-0.2, -0.15) is 5.26 Å². The third kappa shape index (κ3) is 2.50. The van der Waals surface area contributed by atoms with Gasteiger partial charge in [0.25, 0.3) is 0 Å². The molecule has 2 bridgehead atoms. The van der Waals surface area contributed by atoms with Gasteiger partial charge in [-0.25, -0.2) is 4.39 Å². The quantitative estimate of drug-likeness (QED) is 0.319. The lowest BCUT2D eigenvalue weighted by atomic mass is 9.31. The Morgan fingerprint density at radius 2 is 1.88 bits per heavy atom. The lowest BCUT2D eigenvalue weighted by Crippen LogP contribution is -2.75. The van der Waals surface area contributed by atoms with Gasteiger partial charge in [-0.3, -0.25) is 4.79 Å². The van der Waals surface area contributed by atoms with Crippen molar-refractivity contribution in [3.63, 3.8) is 0 Å². The summed E-state index contributed by atoms with van der Waals surface area (Å²) in [5.74, 6) is 1.04. The fourth-order valence-electron chi connectivity index (χ4n) is 10.9. The third-order valence-corrected chi connectivity index (χ3v) is 13.0. The second kappa shape index (κ2) is 7.33. The highest BCUT2D eigenvalue weighted by molar-refractivity contribution is 5.82. The molecule has 0 N–H and O–H groups in total. The summed E-state index contributed by atoms with van der Waals surface area (Å²) < 4.78 is 23.6. The van der Waals surface area contributed by atoms with Gasteiger partial charge in [0.1, 0.15) is 6.17 Å². The number of rotatable bonds is 3. The lowest BCUT2D eigenvalue weighted by Gasteiger charge is -2.73. The molecule has 4 saturated carbocycles. The Hall–Kier alpha value is -1.37. The molecule has 1 saturated heterocycles. The lowest BCUT2D eigenvalue weighted by molar-refractivity contribution is -0.297. The van der Waals surface area contributed by atoms with Crippen LogP contribution in [0, 0.1) is 62.6 Å². The number of ether oxygens (including phenoxy) is 1. The van der Waals surface area contributed by atoms with Crippen molar-refractivity contribution in [1.29, 1.82) is 5.26 Å². The van der Waals surface area contributed by atoms with Crippen molar-refractivity contribution in [2.75, 3.05) is 0 Å². The Morgan fingerprint density at radius 1 is 1.18 bits per heavy atom. The number of hydrogen-bond acceptors (Lipinski definition) is 3. The SMILES string of the molecule is C=C(C)[C@@H]1CC[C@]2(C)[C@H](C[C@@H](F)C34OC(=O)[C@@]5(CC[C@@H](C)[C@H](C)[C@@H]35)CC[C@]42C)[C@@]1(C)CCC#N. The summed E-state index contributed by atoms with van der Waals surface area (Å²) in [4.78, 5) is 13.6. The van der Waals surface area contributed by atoms with Crippen molar-refractivity contribution in [2.24, 2.45) is 51.2 Å². The molecule has 0 aromatic heterocycles. The van der Waals surface area contributed by atoms with Crippen molar-refractivity contribution in [2.45, 2.75) is 111 Å². The second-order valence-electron chi connectivity index (χ2n) is 13.8. The van der Waals surface area contributed by atoms with Gasteiger partial charge in [-0.05, 0) is 92.8 Å². The van der Waals surface area contributed by atoms with Crippen molar-refractivity contribution in [3.05, 3.63) is 12.2 Å². The molecule has 0 amide bonds. The van der Waals surface area contributed by atoms with Gasteiger partial charge < -0.3 is 4.74 Å². The minimum absolute atomic E-state index is 0.0352. The Balaban J connectivity index is 1.68. The maximum atomic E-state index is 17.1. The molecule has 1 spiro atoms. The summed E-state index contributed by atoms with van der Waals surface area (Å²) in [5.41, 5.74) is -1.09. The summed E-state index contributed by atoms with van der Waals surface area (Å²) in [7, 11) is 0. The molecule has 0 aromatic carbocycles. The van der Waals surface area contributed by atoms with Gasteiger partial charge in [0, 0.05) is 17.8 Å². The molecule has 1 aliphatic heterocycles. The maximum Gasteiger partial charge on any atom is 0.313 e. The monoisotopic (exact) mass is 469 g/mol. The zero-order valence-electron chi connectivity index (χ0n) is 22.2. The van der Waals surface area contributed by atoms with Gasteiger partial charge in [-0.1, -0.05) is 46.8 Å². The van der Waals surface area contributed by atoms with E-state index >= 15 is 4.39 Å². The number of alkyl halides is 1. The van der Waals surface area contributed by atoms with Crippen LogP contribution in [0.25, 0.3) is 0 Å². The number of fused-ring (bicyclic) bond motifs is 2. The zero-order valence-corrected chi connectivity index (χ0v) is 22.2. The van der Waals surface area contributed by atoms with E-state index in [1.807, 2.05) is 0 Å². The molecule has 5 aliphatic rings. The number of carbonyl (C=O) groups excluding carboxylic acids is 1. The van der Waals surface area contributed by atoms with Gasteiger partial charge in [-0.15, -0.1) is 0 Å². The predicted octanol–water partition coefficient (Wildman–Crippen LogP) is 7.41. The molecule has 0 radical (unpaired) electrons. The molecule has 1 heterocycles. The molecule has 4 heteroatoms. The van der Waals surface area contributed by atoms with E-state index in [0.717, 1.165) is 50.5 Å². The van der Waals surface area contributed by atoms with Gasteiger partial charge in [0.15, 0.2) is 5.60 Å². The van der Waals surface area contributed by atoms with Crippen LogP contribution in [0.5, 0.6) is 0 Å². The first-order valence-electron chi connectivity index (χ1n) is 13.8. The molecule has 34 heavy (non-hydrogen) atoms. The van der Waals surface area contributed by atoms with Gasteiger partial charge in [0.2, 0.25) is 0 Å². The molecule has 5 fully saturated rings. The van der Waals surface area contributed by atoms with Crippen LogP contribution < -0.4 is 0 Å².